The standard InChI is InChI=1S/C12H17N3O3S.ClH/c1-13-6-7-14(2)12(16)9-4-5-11(19-3)10(8-9)15(17)18;/h4-5,8,13H,6-7H2,1-3H3;1H. The number of carbonyl (C=O) groups excluding carboxylic acids is 1. The van der Waals surface area contributed by atoms with Crippen LogP contribution in [-0.4, -0.2) is 49.2 Å². The van der Waals surface area contributed by atoms with Gasteiger partial charge in [-0.3, -0.25) is 14.9 Å². The molecule has 8 heteroatoms. The summed E-state index contributed by atoms with van der Waals surface area (Å²) in [5.41, 5.74) is 0.309. The van der Waals surface area contributed by atoms with Gasteiger partial charge in [0.2, 0.25) is 0 Å². The number of benzene rings is 1. The number of nitro groups is 1. The minimum Gasteiger partial charge on any atom is -0.340 e. The Bertz CT molecular complexity index is 485. The van der Waals surface area contributed by atoms with Crippen LogP contribution in [0.1, 0.15) is 10.4 Å². The van der Waals surface area contributed by atoms with Crippen molar-refractivity contribution in [3.63, 3.8) is 0 Å². The normalized spacial score (nSPS) is 9.75. The van der Waals surface area contributed by atoms with Crippen LogP contribution in [0.15, 0.2) is 23.1 Å². The van der Waals surface area contributed by atoms with E-state index in [9.17, 15) is 14.9 Å². The number of rotatable bonds is 6. The van der Waals surface area contributed by atoms with Crippen molar-refractivity contribution in [3.8, 4) is 0 Å². The lowest BCUT2D eigenvalue weighted by Gasteiger charge is -2.17. The number of amides is 1. The number of thioether (sulfide) groups is 1. The zero-order valence-corrected chi connectivity index (χ0v) is 13.2. The molecule has 0 atom stereocenters. The van der Waals surface area contributed by atoms with E-state index in [1.807, 2.05) is 0 Å². The maximum Gasteiger partial charge on any atom is 0.283 e. The molecule has 0 aliphatic carbocycles. The Hall–Kier alpha value is -1.31. The summed E-state index contributed by atoms with van der Waals surface area (Å²) in [4.78, 5) is 24.7. The van der Waals surface area contributed by atoms with Gasteiger partial charge in [0.15, 0.2) is 0 Å². The molecule has 1 aromatic carbocycles. The molecular formula is C12H18ClN3O3S. The summed E-state index contributed by atoms with van der Waals surface area (Å²) in [5, 5.41) is 13.9. The Balaban J connectivity index is 0.00000361. The number of likely N-dealkylation sites (N-methyl/N-ethyl adjacent to an activating group) is 2. The van der Waals surface area contributed by atoms with E-state index in [4.69, 9.17) is 0 Å². The quantitative estimate of drug-likeness (QED) is 0.493. The van der Waals surface area contributed by atoms with Crippen LogP contribution in [0.4, 0.5) is 5.69 Å². The van der Waals surface area contributed by atoms with Gasteiger partial charge >= 0.3 is 0 Å². The fourth-order valence-electron chi connectivity index (χ4n) is 1.57. The molecular weight excluding hydrogens is 302 g/mol. The van der Waals surface area contributed by atoms with Crippen LogP contribution >= 0.6 is 24.2 Å². The lowest BCUT2D eigenvalue weighted by atomic mass is 10.2. The van der Waals surface area contributed by atoms with Crippen LogP contribution in [0.5, 0.6) is 0 Å². The van der Waals surface area contributed by atoms with Crippen molar-refractivity contribution in [2.24, 2.45) is 0 Å². The number of nitrogens with one attached hydrogen (secondary N) is 1. The number of nitrogens with zero attached hydrogens (tertiary/aromatic N) is 2. The molecule has 0 radical (unpaired) electrons. The zero-order valence-electron chi connectivity index (χ0n) is 11.6. The predicted molar refractivity (Wildman–Crippen MR) is 83.0 cm³/mol. The molecule has 20 heavy (non-hydrogen) atoms. The van der Waals surface area contributed by atoms with E-state index < -0.39 is 4.92 Å². The first-order valence-electron chi connectivity index (χ1n) is 5.73. The second-order valence-corrected chi connectivity index (χ2v) is 4.82. The first-order chi connectivity index (χ1) is 9.01. The summed E-state index contributed by atoms with van der Waals surface area (Å²) in [6.45, 7) is 1.22. The first-order valence-corrected chi connectivity index (χ1v) is 6.96. The van der Waals surface area contributed by atoms with Gasteiger partial charge in [-0.2, -0.15) is 0 Å². The highest BCUT2D eigenvalue weighted by Crippen LogP contribution is 2.28. The van der Waals surface area contributed by atoms with Crippen molar-refractivity contribution in [1.82, 2.24) is 10.2 Å². The van der Waals surface area contributed by atoms with Gasteiger partial charge in [0.25, 0.3) is 11.6 Å². The van der Waals surface area contributed by atoms with Gasteiger partial charge in [0.05, 0.1) is 9.82 Å². The average molecular weight is 320 g/mol. The third-order valence-corrected chi connectivity index (χ3v) is 3.45. The Morgan fingerprint density at radius 3 is 2.65 bits per heavy atom. The summed E-state index contributed by atoms with van der Waals surface area (Å²) >= 11 is 1.29. The van der Waals surface area contributed by atoms with Crippen molar-refractivity contribution in [2.75, 3.05) is 33.4 Å². The third kappa shape index (κ3) is 4.66. The van der Waals surface area contributed by atoms with Crippen LogP contribution in [0.25, 0.3) is 0 Å². The number of halogens is 1. The molecule has 0 aromatic heterocycles. The van der Waals surface area contributed by atoms with Crippen LogP contribution in [0, 0.1) is 10.1 Å². The van der Waals surface area contributed by atoms with E-state index in [-0.39, 0.29) is 24.0 Å². The third-order valence-electron chi connectivity index (χ3n) is 2.67. The molecule has 0 unspecified atom stereocenters. The molecule has 1 amide bonds. The molecule has 6 nitrogen and oxygen atoms in total. The Kier molecular flexibility index (Phi) is 8.21. The largest absolute Gasteiger partial charge is 0.340 e. The number of hydrogen-bond donors (Lipinski definition) is 1. The lowest BCUT2D eigenvalue weighted by molar-refractivity contribution is -0.387. The molecule has 0 aliphatic heterocycles. The van der Waals surface area contributed by atoms with Crippen molar-refractivity contribution < 1.29 is 9.72 Å². The van der Waals surface area contributed by atoms with Gasteiger partial charge in [-0.05, 0) is 25.4 Å². The number of nitro benzene ring substituents is 1. The Morgan fingerprint density at radius 2 is 2.15 bits per heavy atom. The smallest absolute Gasteiger partial charge is 0.283 e. The zero-order chi connectivity index (χ0) is 14.4. The van der Waals surface area contributed by atoms with Crippen LogP contribution in [0.3, 0.4) is 0 Å². The molecule has 0 spiro atoms. The highest BCUT2D eigenvalue weighted by atomic mass is 35.5. The van der Waals surface area contributed by atoms with E-state index in [1.165, 1.54) is 22.7 Å². The van der Waals surface area contributed by atoms with Gasteiger partial charge in [-0.25, -0.2) is 0 Å². The summed E-state index contributed by atoms with van der Waals surface area (Å²) in [6, 6.07) is 4.57. The van der Waals surface area contributed by atoms with Crippen molar-refractivity contribution >= 4 is 35.8 Å². The predicted octanol–water partition coefficient (Wildman–Crippen LogP) is 2.03. The highest BCUT2D eigenvalue weighted by Gasteiger charge is 2.18. The highest BCUT2D eigenvalue weighted by molar-refractivity contribution is 7.98. The molecule has 0 heterocycles. The molecule has 0 saturated carbocycles. The minimum atomic E-state index is -0.462. The number of carbonyl (C=O) groups is 1. The molecule has 0 fully saturated rings. The molecule has 0 bridgehead atoms. The molecule has 1 rings (SSSR count). The van der Waals surface area contributed by atoms with Crippen molar-refractivity contribution in [3.05, 3.63) is 33.9 Å². The van der Waals surface area contributed by atoms with Gasteiger partial charge in [-0.15, -0.1) is 24.2 Å². The molecule has 112 valence electrons. The van der Waals surface area contributed by atoms with E-state index >= 15 is 0 Å². The second kappa shape index (κ2) is 8.78. The Labute approximate surface area is 128 Å². The van der Waals surface area contributed by atoms with Crippen LogP contribution < -0.4 is 5.32 Å². The molecule has 1 N–H and O–H groups in total. The summed E-state index contributed by atoms with van der Waals surface area (Å²) < 4.78 is 0. The van der Waals surface area contributed by atoms with Gasteiger partial charge < -0.3 is 10.2 Å². The van der Waals surface area contributed by atoms with E-state index in [1.54, 1.807) is 32.5 Å². The molecule has 0 saturated heterocycles. The lowest BCUT2D eigenvalue weighted by Crippen LogP contribution is -2.32. The average Bonchev–Trinajstić information content (AvgIpc) is 2.42. The van der Waals surface area contributed by atoms with Gasteiger partial charge in [0, 0.05) is 31.8 Å². The fourth-order valence-corrected chi connectivity index (χ4v) is 2.11. The summed E-state index contributed by atoms with van der Waals surface area (Å²) in [7, 11) is 3.48. The van der Waals surface area contributed by atoms with E-state index in [0.29, 0.717) is 23.5 Å². The second-order valence-electron chi connectivity index (χ2n) is 3.97. The number of hydrogen-bond acceptors (Lipinski definition) is 5. The van der Waals surface area contributed by atoms with E-state index in [2.05, 4.69) is 5.32 Å². The molecule has 0 aliphatic rings. The minimum absolute atomic E-state index is 0. The Morgan fingerprint density at radius 1 is 1.50 bits per heavy atom. The summed E-state index contributed by atoms with van der Waals surface area (Å²) in [5.74, 6) is -0.217. The van der Waals surface area contributed by atoms with Crippen molar-refractivity contribution in [2.45, 2.75) is 4.90 Å². The van der Waals surface area contributed by atoms with Crippen LogP contribution in [-0.2, 0) is 0 Å². The molecule has 1 aromatic rings. The fraction of sp³-hybridized carbons (Fsp3) is 0.417. The maximum atomic E-state index is 12.1. The monoisotopic (exact) mass is 319 g/mol. The topological polar surface area (TPSA) is 75.5 Å². The SMILES string of the molecule is CNCCN(C)C(=O)c1ccc(SC)c([N+](=O)[O-])c1.Cl. The van der Waals surface area contributed by atoms with Gasteiger partial charge in [0.1, 0.15) is 0 Å². The van der Waals surface area contributed by atoms with Crippen molar-refractivity contribution in [1.29, 1.82) is 0 Å². The van der Waals surface area contributed by atoms with Crippen LogP contribution in [0.2, 0.25) is 0 Å². The maximum absolute atomic E-state index is 12.1. The summed E-state index contributed by atoms with van der Waals surface area (Å²) in [6.07, 6.45) is 1.77. The first kappa shape index (κ1) is 18.7. The van der Waals surface area contributed by atoms with E-state index in [0.717, 1.165) is 0 Å². The van der Waals surface area contributed by atoms with Gasteiger partial charge in [-0.1, -0.05) is 0 Å².